The zero-order valence-corrected chi connectivity index (χ0v) is 13.1. The lowest BCUT2D eigenvalue weighted by molar-refractivity contribution is 0.415. The normalized spacial score (nSPS) is 14.7. The molecule has 22 heavy (non-hydrogen) atoms. The molecule has 0 amide bonds. The van der Waals surface area contributed by atoms with Crippen LogP contribution in [-0.2, 0) is 0 Å². The number of benzene rings is 1. The van der Waals surface area contributed by atoms with Crippen LogP contribution in [0, 0.1) is 6.92 Å². The van der Waals surface area contributed by atoms with Crippen molar-refractivity contribution < 1.29 is 4.74 Å². The minimum Gasteiger partial charge on any atom is -0.497 e. The van der Waals surface area contributed by atoms with Gasteiger partial charge in [-0.3, -0.25) is 0 Å². The predicted octanol–water partition coefficient (Wildman–Crippen LogP) is 3.56. The van der Waals surface area contributed by atoms with Gasteiger partial charge in [-0.15, -0.1) is 0 Å². The molecule has 3 rings (SSSR count). The fourth-order valence-corrected chi connectivity index (χ4v) is 2.64. The standard InChI is InChI=1S/C18H21N3O/c1-14-13-18(21-11-3-4-12-21)20-17(19-14)10-7-15-5-8-16(22-2)9-6-15/h5-10,13H,3-4,11-12H2,1-2H3. The third kappa shape index (κ3) is 3.45. The first-order valence-corrected chi connectivity index (χ1v) is 7.67. The molecule has 1 aliphatic heterocycles. The summed E-state index contributed by atoms with van der Waals surface area (Å²) in [6.45, 7) is 4.21. The number of aromatic nitrogens is 2. The highest BCUT2D eigenvalue weighted by atomic mass is 16.5. The van der Waals surface area contributed by atoms with Gasteiger partial charge in [-0.25, -0.2) is 9.97 Å². The van der Waals surface area contributed by atoms with Crippen LogP contribution in [0.2, 0.25) is 0 Å². The van der Waals surface area contributed by atoms with Crippen LogP contribution < -0.4 is 9.64 Å². The van der Waals surface area contributed by atoms with Gasteiger partial charge in [0.15, 0.2) is 5.82 Å². The van der Waals surface area contributed by atoms with Gasteiger partial charge in [-0.2, -0.15) is 0 Å². The summed E-state index contributed by atoms with van der Waals surface area (Å²) < 4.78 is 5.17. The molecule has 114 valence electrons. The summed E-state index contributed by atoms with van der Waals surface area (Å²) in [5, 5.41) is 0. The third-order valence-corrected chi connectivity index (χ3v) is 3.83. The maximum atomic E-state index is 5.17. The fraction of sp³-hybridized carbons (Fsp3) is 0.333. The second kappa shape index (κ2) is 6.60. The minimum atomic E-state index is 0.762. The van der Waals surface area contributed by atoms with Crippen LogP contribution in [0.15, 0.2) is 30.3 Å². The van der Waals surface area contributed by atoms with E-state index in [4.69, 9.17) is 4.74 Å². The molecule has 1 fully saturated rings. The summed E-state index contributed by atoms with van der Waals surface area (Å²) in [5.74, 6) is 2.66. The average molecular weight is 295 g/mol. The SMILES string of the molecule is COc1ccc(C=Cc2nc(C)cc(N3CCCC3)n2)cc1. The van der Waals surface area contributed by atoms with Gasteiger partial charge in [0.25, 0.3) is 0 Å². The molecule has 1 saturated heterocycles. The first-order chi connectivity index (χ1) is 10.7. The van der Waals surface area contributed by atoms with Crippen LogP contribution in [0.3, 0.4) is 0 Å². The molecule has 1 aromatic heterocycles. The van der Waals surface area contributed by atoms with E-state index in [1.807, 2.05) is 43.3 Å². The number of nitrogens with zero attached hydrogens (tertiary/aromatic N) is 3. The third-order valence-electron chi connectivity index (χ3n) is 3.83. The van der Waals surface area contributed by atoms with Crippen molar-refractivity contribution in [3.63, 3.8) is 0 Å². The topological polar surface area (TPSA) is 38.2 Å². The fourth-order valence-electron chi connectivity index (χ4n) is 2.64. The Labute approximate surface area is 131 Å². The molecule has 2 aromatic rings. The molecule has 1 aliphatic rings. The van der Waals surface area contributed by atoms with Gasteiger partial charge in [0.1, 0.15) is 11.6 Å². The van der Waals surface area contributed by atoms with Gasteiger partial charge in [-0.05, 0) is 43.5 Å². The van der Waals surface area contributed by atoms with Crippen LogP contribution in [0.25, 0.3) is 12.2 Å². The Bertz CT molecular complexity index is 659. The molecular formula is C18H21N3O. The Hall–Kier alpha value is -2.36. The van der Waals surface area contributed by atoms with Crippen LogP contribution in [-0.4, -0.2) is 30.2 Å². The minimum absolute atomic E-state index is 0.762. The number of anilines is 1. The van der Waals surface area contributed by atoms with Gasteiger partial charge >= 0.3 is 0 Å². The molecule has 0 radical (unpaired) electrons. The zero-order chi connectivity index (χ0) is 15.4. The smallest absolute Gasteiger partial charge is 0.154 e. The Morgan fingerprint density at radius 3 is 2.45 bits per heavy atom. The molecule has 0 atom stereocenters. The van der Waals surface area contributed by atoms with Gasteiger partial charge in [0.2, 0.25) is 0 Å². The van der Waals surface area contributed by atoms with Crippen LogP contribution in [0.5, 0.6) is 5.75 Å². The van der Waals surface area contributed by atoms with Gasteiger partial charge < -0.3 is 9.64 Å². The summed E-state index contributed by atoms with van der Waals surface area (Å²) in [6, 6.07) is 10.0. The molecule has 0 unspecified atom stereocenters. The highest BCUT2D eigenvalue weighted by Crippen LogP contribution is 2.19. The molecule has 4 heteroatoms. The molecule has 0 bridgehead atoms. The number of ether oxygens (including phenoxy) is 1. The van der Waals surface area contributed by atoms with Crippen molar-refractivity contribution in [2.24, 2.45) is 0 Å². The molecule has 0 N–H and O–H groups in total. The summed E-state index contributed by atoms with van der Waals surface area (Å²) in [6.07, 6.45) is 6.50. The van der Waals surface area contributed by atoms with Crippen LogP contribution in [0.1, 0.15) is 29.9 Å². The van der Waals surface area contributed by atoms with Gasteiger partial charge in [0, 0.05) is 24.8 Å². The Morgan fingerprint density at radius 2 is 1.77 bits per heavy atom. The van der Waals surface area contributed by atoms with Crippen molar-refractivity contribution in [1.82, 2.24) is 9.97 Å². The van der Waals surface area contributed by atoms with E-state index in [-0.39, 0.29) is 0 Å². The maximum Gasteiger partial charge on any atom is 0.154 e. The summed E-state index contributed by atoms with van der Waals surface area (Å²) in [5.41, 5.74) is 2.11. The van der Waals surface area contributed by atoms with Crippen molar-refractivity contribution in [3.8, 4) is 5.75 Å². The number of aryl methyl sites for hydroxylation is 1. The number of rotatable bonds is 4. The van der Waals surface area contributed by atoms with Crippen LogP contribution in [0.4, 0.5) is 5.82 Å². The quantitative estimate of drug-likeness (QED) is 0.864. The molecule has 0 saturated carbocycles. The monoisotopic (exact) mass is 295 g/mol. The summed E-state index contributed by atoms with van der Waals surface area (Å²) in [4.78, 5) is 11.5. The highest BCUT2D eigenvalue weighted by molar-refractivity contribution is 5.67. The number of methoxy groups -OCH3 is 1. The zero-order valence-electron chi connectivity index (χ0n) is 13.1. The lowest BCUT2D eigenvalue weighted by Crippen LogP contribution is -2.19. The van der Waals surface area contributed by atoms with E-state index in [1.165, 1.54) is 12.8 Å². The van der Waals surface area contributed by atoms with E-state index in [2.05, 4.69) is 20.9 Å². The molecule has 2 heterocycles. The predicted molar refractivity (Wildman–Crippen MR) is 90.1 cm³/mol. The second-order valence-corrected chi connectivity index (χ2v) is 5.53. The molecular weight excluding hydrogens is 274 g/mol. The molecule has 4 nitrogen and oxygen atoms in total. The molecule has 0 aliphatic carbocycles. The van der Waals surface area contributed by atoms with Crippen molar-refractivity contribution in [3.05, 3.63) is 47.4 Å². The Kier molecular flexibility index (Phi) is 4.37. The largest absolute Gasteiger partial charge is 0.497 e. The number of hydrogen-bond acceptors (Lipinski definition) is 4. The van der Waals surface area contributed by atoms with Crippen molar-refractivity contribution in [1.29, 1.82) is 0 Å². The molecule has 1 aromatic carbocycles. The van der Waals surface area contributed by atoms with E-state index >= 15 is 0 Å². The van der Waals surface area contributed by atoms with Crippen molar-refractivity contribution >= 4 is 18.0 Å². The van der Waals surface area contributed by atoms with Crippen molar-refractivity contribution in [2.45, 2.75) is 19.8 Å². The number of hydrogen-bond donors (Lipinski definition) is 0. The van der Waals surface area contributed by atoms with E-state index < -0.39 is 0 Å². The van der Waals surface area contributed by atoms with E-state index in [0.717, 1.165) is 41.7 Å². The lowest BCUT2D eigenvalue weighted by Gasteiger charge is -2.16. The molecule has 0 spiro atoms. The van der Waals surface area contributed by atoms with E-state index in [9.17, 15) is 0 Å². The van der Waals surface area contributed by atoms with E-state index in [0.29, 0.717) is 0 Å². The average Bonchev–Trinajstić information content (AvgIpc) is 3.07. The second-order valence-electron chi connectivity index (χ2n) is 5.53. The van der Waals surface area contributed by atoms with Crippen molar-refractivity contribution in [2.75, 3.05) is 25.1 Å². The van der Waals surface area contributed by atoms with Gasteiger partial charge in [0.05, 0.1) is 7.11 Å². The Balaban J connectivity index is 1.79. The first-order valence-electron chi connectivity index (χ1n) is 7.67. The summed E-state index contributed by atoms with van der Waals surface area (Å²) >= 11 is 0. The summed E-state index contributed by atoms with van der Waals surface area (Å²) in [7, 11) is 1.67. The highest BCUT2D eigenvalue weighted by Gasteiger charge is 2.14. The first kappa shape index (κ1) is 14.6. The van der Waals surface area contributed by atoms with Gasteiger partial charge in [-0.1, -0.05) is 18.2 Å². The Morgan fingerprint density at radius 1 is 1.05 bits per heavy atom. The maximum absolute atomic E-state index is 5.17. The van der Waals surface area contributed by atoms with Crippen LogP contribution >= 0.6 is 0 Å². The lowest BCUT2D eigenvalue weighted by atomic mass is 10.2. The van der Waals surface area contributed by atoms with E-state index in [1.54, 1.807) is 7.11 Å².